The SMILES string of the molecule is CS(=O)(=O)NC(=O)c1cc(Cl)c(OC[C@H]2CCCN2c2cnc(OC3CC3)c(Cl)c2)cc1F. The summed E-state index contributed by atoms with van der Waals surface area (Å²) in [7, 11) is -3.84. The highest BCUT2D eigenvalue weighted by Gasteiger charge is 2.29. The Bertz CT molecular complexity index is 1180. The molecule has 1 aromatic heterocycles. The Labute approximate surface area is 201 Å². The van der Waals surface area contributed by atoms with Crippen molar-refractivity contribution in [3.63, 3.8) is 0 Å². The van der Waals surface area contributed by atoms with Crippen LogP contribution < -0.4 is 19.1 Å². The number of hydrogen-bond acceptors (Lipinski definition) is 7. The van der Waals surface area contributed by atoms with Crippen LogP contribution in [0.3, 0.4) is 0 Å². The number of halogens is 3. The second-order valence-electron chi connectivity index (χ2n) is 8.06. The van der Waals surface area contributed by atoms with Crippen LogP contribution in [-0.4, -0.2) is 50.9 Å². The fraction of sp³-hybridized carbons (Fsp3) is 0.429. The number of pyridine rings is 1. The first kappa shape index (κ1) is 23.8. The molecule has 1 saturated heterocycles. The first-order valence-electron chi connectivity index (χ1n) is 10.3. The summed E-state index contributed by atoms with van der Waals surface area (Å²) in [6.45, 7) is 0.994. The maximum Gasteiger partial charge on any atom is 0.267 e. The molecule has 0 unspecified atom stereocenters. The van der Waals surface area contributed by atoms with Gasteiger partial charge in [0.15, 0.2) is 0 Å². The number of aromatic nitrogens is 1. The number of nitrogens with zero attached hydrogens (tertiary/aromatic N) is 2. The molecule has 2 aromatic rings. The second kappa shape index (κ2) is 9.52. The van der Waals surface area contributed by atoms with Crippen molar-refractivity contribution >= 4 is 44.8 Å². The summed E-state index contributed by atoms with van der Waals surface area (Å²) in [5, 5.41) is 0.435. The van der Waals surface area contributed by atoms with Crippen LogP contribution >= 0.6 is 23.2 Å². The van der Waals surface area contributed by atoms with Gasteiger partial charge in [-0.25, -0.2) is 22.5 Å². The Morgan fingerprint density at radius 1 is 1.24 bits per heavy atom. The number of carbonyl (C=O) groups is 1. The van der Waals surface area contributed by atoms with Crippen molar-refractivity contribution in [2.75, 3.05) is 24.3 Å². The molecule has 178 valence electrons. The Morgan fingerprint density at radius 2 is 2.00 bits per heavy atom. The van der Waals surface area contributed by atoms with Crippen molar-refractivity contribution in [2.24, 2.45) is 0 Å². The molecule has 0 spiro atoms. The summed E-state index contributed by atoms with van der Waals surface area (Å²) in [6, 6.07) is 3.81. The third kappa shape index (κ3) is 5.99. The average Bonchev–Trinajstić information content (AvgIpc) is 3.42. The van der Waals surface area contributed by atoms with Gasteiger partial charge >= 0.3 is 0 Å². The number of nitrogens with one attached hydrogen (secondary N) is 1. The quantitative estimate of drug-likeness (QED) is 0.568. The normalized spacial score (nSPS) is 18.3. The highest BCUT2D eigenvalue weighted by Crippen LogP contribution is 2.35. The number of hydrogen-bond donors (Lipinski definition) is 1. The monoisotopic (exact) mass is 517 g/mol. The smallest absolute Gasteiger partial charge is 0.267 e. The third-order valence-corrected chi connectivity index (χ3v) is 6.40. The molecule has 1 aromatic carbocycles. The molecule has 33 heavy (non-hydrogen) atoms. The molecular weight excluding hydrogens is 496 g/mol. The summed E-state index contributed by atoms with van der Waals surface area (Å²) in [5.74, 6) is -1.57. The number of carbonyl (C=O) groups excluding carboxylic acids is 1. The van der Waals surface area contributed by atoms with E-state index in [1.54, 1.807) is 10.9 Å². The van der Waals surface area contributed by atoms with E-state index in [2.05, 4.69) is 9.88 Å². The van der Waals surface area contributed by atoms with Gasteiger partial charge in [-0.15, -0.1) is 0 Å². The second-order valence-corrected chi connectivity index (χ2v) is 10.6. The minimum atomic E-state index is -3.84. The summed E-state index contributed by atoms with van der Waals surface area (Å²) >= 11 is 12.5. The highest BCUT2D eigenvalue weighted by atomic mass is 35.5. The van der Waals surface area contributed by atoms with E-state index < -0.39 is 27.3 Å². The van der Waals surface area contributed by atoms with Crippen LogP contribution in [0.4, 0.5) is 10.1 Å². The Morgan fingerprint density at radius 3 is 2.67 bits per heavy atom. The molecule has 8 nitrogen and oxygen atoms in total. The maximum absolute atomic E-state index is 14.4. The minimum absolute atomic E-state index is 0.00844. The van der Waals surface area contributed by atoms with E-state index in [-0.39, 0.29) is 29.5 Å². The molecule has 1 atom stereocenters. The van der Waals surface area contributed by atoms with Crippen molar-refractivity contribution in [2.45, 2.75) is 37.8 Å². The lowest BCUT2D eigenvalue weighted by Gasteiger charge is -2.27. The van der Waals surface area contributed by atoms with Gasteiger partial charge in [0.1, 0.15) is 29.3 Å². The molecule has 2 fully saturated rings. The summed E-state index contributed by atoms with van der Waals surface area (Å²) in [6.07, 6.45) is 6.50. The van der Waals surface area contributed by atoms with Gasteiger partial charge in [0.2, 0.25) is 15.9 Å². The fourth-order valence-electron chi connectivity index (χ4n) is 3.57. The van der Waals surface area contributed by atoms with Crippen LogP contribution in [0.15, 0.2) is 24.4 Å². The Hall–Kier alpha value is -2.30. The predicted octanol–water partition coefficient (Wildman–Crippen LogP) is 3.81. The van der Waals surface area contributed by atoms with E-state index in [0.717, 1.165) is 56.3 Å². The first-order valence-corrected chi connectivity index (χ1v) is 13.0. The molecule has 1 amide bonds. The molecule has 1 aliphatic carbocycles. The molecule has 2 aliphatic rings. The Balaban J connectivity index is 1.43. The van der Waals surface area contributed by atoms with Crippen molar-refractivity contribution in [3.8, 4) is 11.6 Å². The van der Waals surface area contributed by atoms with Crippen LogP contribution in [0, 0.1) is 5.82 Å². The van der Waals surface area contributed by atoms with Crippen molar-refractivity contribution < 1.29 is 27.1 Å². The lowest BCUT2D eigenvalue weighted by atomic mass is 10.2. The molecule has 1 saturated carbocycles. The van der Waals surface area contributed by atoms with Gasteiger partial charge in [0, 0.05) is 12.6 Å². The molecule has 0 bridgehead atoms. The summed E-state index contributed by atoms with van der Waals surface area (Å²) in [4.78, 5) is 18.4. The van der Waals surface area contributed by atoms with Crippen molar-refractivity contribution in [1.82, 2.24) is 9.71 Å². The van der Waals surface area contributed by atoms with E-state index in [9.17, 15) is 17.6 Å². The van der Waals surface area contributed by atoms with E-state index in [1.807, 2.05) is 6.07 Å². The zero-order valence-corrected chi connectivity index (χ0v) is 20.0. The topological polar surface area (TPSA) is 97.8 Å². The number of benzene rings is 1. The van der Waals surface area contributed by atoms with Crippen molar-refractivity contribution in [3.05, 3.63) is 45.8 Å². The third-order valence-electron chi connectivity index (χ3n) is 5.28. The zero-order chi connectivity index (χ0) is 23.8. The van der Waals surface area contributed by atoms with E-state index in [0.29, 0.717) is 10.9 Å². The average molecular weight is 518 g/mol. The van der Waals surface area contributed by atoms with Gasteiger partial charge in [-0.2, -0.15) is 0 Å². The summed E-state index contributed by atoms with van der Waals surface area (Å²) < 4.78 is 50.0. The van der Waals surface area contributed by atoms with Gasteiger partial charge < -0.3 is 14.4 Å². The van der Waals surface area contributed by atoms with Gasteiger partial charge in [-0.05, 0) is 37.8 Å². The largest absolute Gasteiger partial charge is 0.490 e. The fourth-order valence-corrected chi connectivity index (χ4v) is 4.44. The van der Waals surface area contributed by atoms with Crippen molar-refractivity contribution in [1.29, 1.82) is 0 Å². The van der Waals surface area contributed by atoms with Crippen LogP contribution in [0.25, 0.3) is 0 Å². The number of rotatable bonds is 8. The molecule has 12 heteroatoms. The molecular formula is C21H22Cl2FN3O5S. The minimum Gasteiger partial charge on any atom is -0.490 e. The van der Waals surface area contributed by atoms with E-state index >= 15 is 0 Å². The number of ether oxygens (including phenoxy) is 2. The number of amides is 1. The first-order chi connectivity index (χ1) is 15.6. The van der Waals surface area contributed by atoms with Gasteiger partial charge in [-0.1, -0.05) is 23.2 Å². The standard InChI is InChI=1S/C21H22Cl2FN3O5S/c1-33(29,30)26-20(28)15-8-16(22)19(9-18(15)24)31-11-12-3-2-6-27(12)13-7-17(23)21(25-10-13)32-14-4-5-14/h7-10,12,14H,2-6,11H2,1H3,(H,26,28)/t12-/m1/s1. The Kier molecular flexibility index (Phi) is 6.88. The van der Waals surface area contributed by atoms with Crippen LogP contribution in [0.1, 0.15) is 36.0 Å². The van der Waals surface area contributed by atoms with Crippen LogP contribution in [-0.2, 0) is 10.0 Å². The molecule has 1 N–H and O–H groups in total. The zero-order valence-electron chi connectivity index (χ0n) is 17.7. The van der Waals surface area contributed by atoms with E-state index in [4.69, 9.17) is 32.7 Å². The van der Waals surface area contributed by atoms with Gasteiger partial charge in [0.25, 0.3) is 5.91 Å². The number of sulfonamides is 1. The lowest BCUT2D eigenvalue weighted by Crippen LogP contribution is -2.34. The highest BCUT2D eigenvalue weighted by molar-refractivity contribution is 7.89. The molecule has 0 radical (unpaired) electrons. The van der Waals surface area contributed by atoms with Gasteiger partial charge in [0.05, 0.1) is 34.8 Å². The predicted molar refractivity (Wildman–Crippen MR) is 122 cm³/mol. The molecule has 4 rings (SSSR count). The maximum atomic E-state index is 14.4. The number of anilines is 1. The molecule has 1 aliphatic heterocycles. The van der Waals surface area contributed by atoms with Crippen LogP contribution in [0.5, 0.6) is 11.6 Å². The van der Waals surface area contributed by atoms with E-state index in [1.165, 1.54) is 0 Å². The lowest BCUT2D eigenvalue weighted by molar-refractivity contribution is 0.0977. The summed E-state index contributed by atoms with van der Waals surface area (Å²) in [5.41, 5.74) is 0.341. The van der Waals surface area contributed by atoms with Crippen LogP contribution in [0.2, 0.25) is 10.0 Å². The molecule has 2 heterocycles. The van der Waals surface area contributed by atoms with Gasteiger partial charge in [-0.3, -0.25) is 4.79 Å².